The van der Waals surface area contributed by atoms with Crippen LogP contribution in [0, 0.1) is 0 Å². The van der Waals surface area contributed by atoms with Crippen LogP contribution in [0.25, 0.3) is 5.69 Å². The summed E-state index contributed by atoms with van der Waals surface area (Å²) in [6.45, 7) is 0. The first-order valence-corrected chi connectivity index (χ1v) is 13.0. The molecule has 0 atom stereocenters. The van der Waals surface area contributed by atoms with E-state index in [1.54, 1.807) is 12.1 Å². The van der Waals surface area contributed by atoms with Crippen molar-refractivity contribution in [1.29, 1.82) is 0 Å². The van der Waals surface area contributed by atoms with Gasteiger partial charge in [0.1, 0.15) is 5.82 Å². The number of carbonyl (C=O) groups excluding carboxylic acids is 1. The summed E-state index contributed by atoms with van der Waals surface area (Å²) in [6.07, 6.45) is 1.76. The zero-order valence-corrected chi connectivity index (χ0v) is 19.5. The summed E-state index contributed by atoms with van der Waals surface area (Å²) in [5.41, 5.74) is 2.57. The number of amides is 1. The molecule has 1 aromatic heterocycles. The molecule has 0 aliphatic rings. The fourth-order valence-corrected chi connectivity index (χ4v) is 4.64. The second-order valence-corrected chi connectivity index (χ2v) is 10.3. The predicted molar refractivity (Wildman–Crippen MR) is 130 cm³/mol. The van der Waals surface area contributed by atoms with E-state index >= 15 is 0 Å². The van der Waals surface area contributed by atoms with Crippen LogP contribution in [0.5, 0.6) is 0 Å². The molecule has 0 radical (unpaired) electrons. The van der Waals surface area contributed by atoms with E-state index in [1.807, 2.05) is 65.2 Å². The summed E-state index contributed by atoms with van der Waals surface area (Å²) in [5, 5.41) is 12.1. The van der Waals surface area contributed by atoms with Crippen LogP contribution in [0.4, 0.5) is 5.69 Å². The number of hydrogen-bond acceptors (Lipinski definition) is 6. The molecule has 0 saturated carbocycles. The number of nitrogens with zero attached hydrogens (tertiary/aromatic N) is 3. The van der Waals surface area contributed by atoms with Crippen LogP contribution in [0.2, 0.25) is 0 Å². The Kier molecular flexibility index (Phi) is 6.90. The third kappa shape index (κ3) is 5.88. The van der Waals surface area contributed by atoms with Crippen molar-refractivity contribution in [3.05, 3.63) is 96.3 Å². The van der Waals surface area contributed by atoms with Gasteiger partial charge in [0.25, 0.3) is 0 Å². The monoisotopic (exact) mass is 478 g/mol. The van der Waals surface area contributed by atoms with Crippen molar-refractivity contribution in [3.63, 3.8) is 0 Å². The third-order valence-corrected chi connectivity index (χ3v) is 6.88. The smallest absolute Gasteiger partial charge is 0.234 e. The molecule has 0 saturated heterocycles. The van der Waals surface area contributed by atoms with Crippen molar-refractivity contribution in [2.45, 2.75) is 16.5 Å². The van der Waals surface area contributed by atoms with Crippen LogP contribution in [-0.2, 0) is 21.1 Å². The van der Waals surface area contributed by atoms with Crippen molar-refractivity contribution in [2.24, 2.45) is 0 Å². The molecule has 9 heteroatoms. The van der Waals surface area contributed by atoms with E-state index in [-0.39, 0.29) is 16.6 Å². The summed E-state index contributed by atoms with van der Waals surface area (Å²) in [7, 11) is -3.28. The average molecular weight is 479 g/mol. The van der Waals surface area contributed by atoms with Gasteiger partial charge in [0.2, 0.25) is 5.91 Å². The molecule has 1 N–H and O–H groups in total. The van der Waals surface area contributed by atoms with Gasteiger partial charge in [-0.05, 0) is 42.0 Å². The highest BCUT2D eigenvalue weighted by Crippen LogP contribution is 2.24. The Labute approximate surface area is 196 Å². The molecule has 0 spiro atoms. The van der Waals surface area contributed by atoms with E-state index in [0.717, 1.165) is 23.3 Å². The topological polar surface area (TPSA) is 93.9 Å². The van der Waals surface area contributed by atoms with Gasteiger partial charge >= 0.3 is 0 Å². The minimum Gasteiger partial charge on any atom is -0.325 e. The maximum atomic E-state index is 12.5. The molecule has 0 unspecified atom stereocenters. The standard InChI is InChI=1S/C24H22N4O3S2/c1-33(30,31)21-14-12-19(13-15-21)25-23(29)17-32-24-27-26-22(16-18-8-4-2-5-9-18)28(24)20-10-6-3-7-11-20/h2-15H,16-17H2,1H3,(H,25,29). The molecule has 4 rings (SSSR count). The van der Waals surface area contributed by atoms with Gasteiger partial charge in [-0.2, -0.15) is 0 Å². The van der Waals surface area contributed by atoms with Crippen LogP contribution in [0.15, 0.2) is 95.0 Å². The lowest BCUT2D eigenvalue weighted by Crippen LogP contribution is -2.14. The fourth-order valence-electron chi connectivity index (χ4n) is 3.24. The van der Waals surface area contributed by atoms with E-state index in [0.29, 0.717) is 17.3 Å². The maximum Gasteiger partial charge on any atom is 0.234 e. The Morgan fingerprint density at radius 1 is 0.909 bits per heavy atom. The quantitative estimate of drug-likeness (QED) is 0.385. The van der Waals surface area contributed by atoms with Crippen molar-refractivity contribution in [3.8, 4) is 5.69 Å². The summed E-state index contributed by atoms with van der Waals surface area (Å²) >= 11 is 1.29. The Morgan fingerprint density at radius 2 is 1.55 bits per heavy atom. The number of carbonyl (C=O) groups is 1. The Bertz CT molecular complexity index is 1340. The molecule has 7 nitrogen and oxygen atoms in total. The minimum atomic E-state index is -3.28. The molecular weight excluding hydrogens is 456 g/mol. The molecule has 0 bridgehead atoms. The number of rotatable bonds is 8. The van der Waals surface area contributed by atoms with Crippen molar-refractivity contribution < 1.29 is 13.2 Å². The summed E-state index contributed by atoms with van der Waals surface area (Å²) in [6, 6.07) is 25.9. The van der Waals surface area contributed by atoms with Crippen LogP contribution in [-0.4, -0.2) is 41.1 Å². The number of hydrogen-bond donors (Lipinski definition) is 1. The first kappa shape index (κ1) is 22.8. The minimum absolute atomic E-state index is 0.129. The lowest BCUT2D eigenvalue weighted by molar-refractivity contribution is -0.113. The summed E-state index contributed by atoms with van der Waals surface area (Å²) in [4.78, 5) is 12.7. The largest absolute Gasteiger partial charge is 0.325 e. The fraction of sp³-hybridized carbons (Fsp3) is 0.125. The number of nitrogens with one attached hydrogen (secondary N) is 1. The van der Waals surface area contributed by atoms with Gasteiger partial charge < -0.3 is 5.32 Å². The summed E-state index contributed by atoms with van der Waals surface area (Å²) in [5.74, 6) is 0.690. The summed E-state index contributed by atoms with van der Waals surface area (Å²) < 4.78 is 25.1. The number of para-hydroxylation sites is 1. The lowest BCUT2D eigenvalue weighted by Gasteiger charge is -2.10. The lowest BCUT2D eigenvalue weighted by atomic mass is 10.1. The molecular formula is C24H22N4O3S2. The van der Waals surface area contributed by atoms with Crippen LogP contribution in [0.3, 0.4) is 0 Å². The first-order chi connectivity index (χ1) is 15.9. The first-order valence-electron chi connectivity index (χ1n) is 10.2. The van der Waals surface area contributed by atoms with Crippen LogP contribution in [0.1, 0.15) is 11.4 Å². The van der Waals surface area contributed by atoms with E-state index in [9.17, 15) is 13.2 Å². The van der Waals surface area contributed by atoms with Crippen molar-refractivity contribution >= 4 is 33.2 Å². The van der Waals surface area contributed by atoms with Crippen LogP contribution >= 0.6 is 11.8 Å². The Hall–Kier alpha value is -3.43. The molecule has 4 aromatic rings. The predicted octanol–water partition coefficient (Wildman–Crippen LogP) is 3.99. The van der Waals surface area contributed by atoms with E-state index < -0.39 is 9.84 Å². The highest BCUT2D eigenvalue weighted by atomic mass is 32.2. The SMILES string of the molecule is CS(=O)(=O)c1ccc(NC(=O)CSc2nnc(Cc3ccccc3)n2-c2ccccc2)cc1. The van der Waals surface area contributed by atoms with Gasteiger partial charge in [-0.15, -0.1) is 10.2 Å². The highest BCUT2D eigenvalue weighted by molar-refractivity contribution is 7.99. The molecule has 168 valence electrons. The average Bonchev–Trinajstić information content (AvgIpc) is 3.21. The number of aromatic nitrogens is 3. The number of benzene rings is 3. The van der Waals surface area contributed by atoms with Gasteiger partial charge in [0.15, 0.2) is 15.0 Å². The van der Waals surface area contributed by atoms with Crippen LogP contribution < -0.4 is 5.32 Å². The zero-order valence-electron chi connectivity index (χ0n) is 17.9. The van der Waals surface area contributed by atoms with Gasteiger partial charge in [0.05, 0.1) is 10.6 Å². The number of thioether (sulfide) groups is 1. The number of anilines is 1. The van der Waals surface area contributed by atoms with Gasteiger partial charge in [-0.1, -0.05) is 60.3 Å². The highest BCUT2D eigenvalue weighted by Gasteiger charge is 2.16. The molecule has 1 heterocycles. The molecule has 1 amide bonds. The normalized spacial score (nSPS) is 11.3. The van der Waals surface area contributed by atoms with Gasteiger partial charge in [0, 0.05) is 24.1 Å². The van der Waals surface area contributed by atoms with E-state index in [1.165, 1.54) is 23.9 Å². The van der Waals surface area contributed by atoms with Crippen molar-refractivity contribution in [1.82, 2.24) is 14.8 Å². The van der Waals surface area contributed by atoms with Gasteiger partial charge in [-0.3, -0.25) is 9.36 Å². The molecule has 3 aromatic carbocycles. The van der Waals surface area contributed by atoms with Gasteiger partial charge in [-0.25, -0.2) is 8.42 Å². The zero-order chi connectivity index (χ0) is 23.3. The number of sulfone groups is 1. The Balaban J connectivity index is 1.49. The third-order valence-electron chi connectivity index (χ3n) is 4.82. The van der Waals surface area contributed by atoms with E-state index in [4.69, 9.17) is 0 Å². The second-order valence-electron chi connectivity index (χ2n) is 7.37. The maximum absolute atomic E-state index is 12.5. The molecule has 0 aliphatic carbocycles. The molecule has 0 aliphatic heterocycles. The second kappa shape index (κ2) is 10.0. The molecule has 0 fully saturated rings. The van der Waals surface area contributed by atoms with E-state index in [2.05, 4.69) is 15.5 Å². The van der Waals surface area contributed by atoms with Crippen molar-refractivity contribution in [2.75, 3.05) is 17.3 Å². The molecule has 33 heavy (non-hydrogen) atoms. The Morgan fingerprint density at radius 3 is 2.18 bits per heavy atom.